The third-order valence-corrected chi connectivity index (χ3v) is 10.2. The lowest BCUT2D eigenvalue weighted by Crippen LogP contribution is -2.30. The van der Waals surface area contributed by atoms with Gasteiger partial charge in [0, 0.05) is 13.0 Å². The van der Waals surface area contributed by atoms with Crippen LogP contribution >= 0.6 is 0 Å². The summed E-state index contributed by atoms with van der Waals surface area (Å²) in [6, 6.07) is 0. The lowest BCUT2D eigenvalue weighted by atomic mass is 10.1. The Labute approximate surface area is 394 Å². The molecule has 1 atom stereocenters. The first-order chi connectivity index (χ1) is 31.6. The van der Waals surface area contributed by atoms with Crippen LogP contribution in [0.4, 0.5) is 0 Å². The van der Waals surface area contributed by atoms with E-state index in [0.29, 0.717) is 13.0 Å². The zero-order valence-electron chi connectivity index (χ0n) is 41.2. The number of hydrogen-bond acceptors (Lipinski definition) is 5. The number of unbranched alkanes of at least 4 members (excludes halogenated alkanes) is 13. The number of rotatable bonds is 45. The molecule has 5 nitrogen and oxygen atoms in total. The minimum Gasteiger partial charge on any atom is -0.461 e. The molecule has 1 unspecified atom stereocenters. The minimum absolute atomic E-state index is 0.00714. The molecule has 0 aromatic rings. The van der Waals surface area contributed by atoms with Crippen molar-refractivity contribution >= 4 is 11.9 Å². The summed E-state index contributed by atoms with van der Waals surface area (Å²) in [5.41, 5.74) is 0. The van der Waals surface area contributed by atoms with Gasteiger partial charge in [0.15, 0.2) is 6.10 Å². The number of carbonyl (C=O) groups is 2. The predicted molar refractivity (Wildman–Crippen MR) is 278 cm³/mol. The molecule has 0 saturated heterocycles. The average Bonchev–Trinajstić information content (AvgIpc) is 3.30. The Balaban J connectivity index is 4.45. The minimum atomic E-state index is -0.625. The van der Waals surface area contributed by atoms with E-state index >= 15 is 0 Å². The Bertz CT molecular complexity index is 1370. The van der Waals surface area contributed by atoms with E-state index in [1.165, 1.54) is 83.5 Å². The van der Waals surface area contributed by atoms with Crippen LogP contribution in [0.15, 0.2) is 134 Å². The Morgan fingerprint density at radius 2 is 0.750 bits per heavy atom. The molecular weight excluding hydrogens is 789 g/mol. The van der Waals surface area contributed by atoms with Crippen molar-refractivity contribution in [3.8, 4) is 0 Å². The smallest absolute Gasteiger partial charge is 0.309 e. The summed E-state index contributed by atoms with van der Waals surface area (Å²) in [6.07, 6.45) is 76.5. The zero-order valence-corrected chi connectivity index (χ0v) is 41.2. The highest BCUT2D eigenvalue weighted by molar-refractivity contribution is 5.71. The van der Waals surface area contributed by atoms with Gasteiger partial charge in [-0.15, -0.1) is 0 Å². The summed E-state index contributed by atoms with van der Waals surface area (Å²) < 4.78 is 17.2. The zero-order chi connectivity index (χ0) is 46.3. The van der Waals surface area contributed by atoms with Gasteiger partial charge in [0.05, 0.1) is 13.0 Å². The molecule has 0 aliphatic rings. The van der Waals surface area contributed by atoms with Crippen LogP contribution in [0.1, 0.15) is 201 Å². The van der Waals surface area contributed by atoms with E-state index < -0.39 is 6.10 Å². The Morgan fingerprint density at radius 1 is 0.375 bits per heavy atom. The largest absolute Gasteiger partial charge is 0.461 e. The molecule has 360 valence electrons. The summed E-state index contributed by atoms with van der Waals surface area (Å²) in [5, 5.41) is 0. The first-order valence-electron chi connectivity index (χ1n) is 25.7. The predicted octanol–water partition coefficient (Wildman–Crippen LogP) is 17.6. The number of ether oxygens (including phenoxy) is 3. The number of allylic oxidation sites excluding steroid dienone is 21. The maximum Gasteiger partial charge on any atom is 0.309 e. The van der Waals surface area contributed by atoms with Crippen molar-refractivity contribution in [3.05, 3.63) is 134 Å². The van der Waals surface area contributed by atoms with E-state index in [1.807, 2.05) is 18.2 Å². The fourth-order valence-electron chi connectivity index (χ4n) is 6.45. The highest BCUT2D eigenvalue weighted by Crippen LogP contribution is 2.12. The molecule has 0 saturated carbocycles. The molecule has 0 rings (SSSR count). The molecule has 0 fully saturated rings. The molecule has 0 heterocycles. The lowest BCUT2D eigenvalue weighted by Gasteiger charge is -2.18. The standard InChI is InChI=1S/C59H94O5/c1-4-7-10-13-16-19-22-25-27-28-29-30-31-33-36-39-42-45-48-51-54-62-55-57(64-59(61)53-50-47-44-41-38-34-24-21-18-15-12-9-6-3)56-63-58(60)52-49-46-43-40-37-35-32-26-23-20-17-14-11-8-5-2/h8-9,11-12,16-21,25-27,32,34,37-38,40,44,46-47,49,57H,4-7,10,13-15,22-24,28-31,33,35-36,39,41-43,45,48,50-56H2,1-3H3/b11-8-,12-9-,19-16-,20-17-,21-18-,27-25-,32-26-,38-34-,40-37-,47-44-,49-46-. The fourth-order valence-corrected chi connectivity index (χ4v) is 6.45. The van der Waals surface area contributed by atoms with Crippen LogP contribution in [-0.2, 0) is 23.8 Å². The molecule has 64 heavy (non-hydrogen) atoms. The third-order valence-electron chi connectivity index (χ3n) is 10.2. The SMILES string of the molecule is CC/C=C\C/C=C\C/C=C\C/C=C\C/C=C\CC(=O)OCC(COCCCCCCCCCCCC/C=C\C/C=C\CCCCC)OC(=O)CC/C=C\C/C=C\C/C=C\C/C=C\CC. The van der Waals surface area contributed by atoms with Gasteiger partial charge in [-0.25, -0.2) is 0 Å². The van der Waals surface area contributed by atoms with Crippen molar-refractivity contribution in [2.24, 2.45) is 0 Å². The van der Waals surface area contributed by atoms with Crippen LogP contribution in [0.5, 0.6) is 0 Å². The van der Waals surface area contributed by atoms with E-state index in [9.17, 15) is 9.59 Å². The van der Waals surface area contributed by atoms with Gasteiger partial charge in [-0.1, -0.05) is 219 Å². The van der Waals surface area contributed by atoms with Gasteiger partial charge in [0.2, 0.25) is 0 Å². The van der Waals surface area contributed by atoms with Crippen molar-refractivity contribution in [3.63, 3.8) is 0 Å². The van der Waals surface area contributed by atoms with Gasteiger partial charge in [-0.05, 0) is 103 Å². The van der Waals surface area contributed by atoms with Gasteiger partial charge in [-0.2, -0.15) is 0 Å². The van der Waals surface area contributed by atoms with E-state index in [4.69, 9.17) is 14.2 Å². The summed E-state index contributed by atoms with van der Waals surface area (Å²) in [4.78, 5) is 25.3. The number of hydrogen-bond donors (Lipinski definition) is 0. The lowest BCUT2D eigenvalue weighted by molar-refractivity contribution is -0.162. The summed E-state index contributed by atoms with van der Waals surface area (Å²) in [5.74, 6) is -0.649. The maximum absolute atomic E-state index is 12.7. The molecule has 0 bridgehead atoms. The van der Waals surface area contributed by atoms with Gasteiger partial charge < -0.3 is 14.2 Å². The molecule has 0 amide bonds. The fraction of sp³-hybridized carbons (Fsp3) is 0.593. The highest BCUT2D eigenvalue weighted by Gasteiger charge is 2.17. The van der Waals surface area contributed by atoms with Crippen molar-refractivity contribution in [2.75, 3.05) is 19.8 Å². The van der Waals surface area contributed by atoms with Crippen LogP contribution < -0.4 is 0 Å². The molecule has 0 aromatic heterocycles. The molecule has 0 aliphatic heterocycles. The van der Waals surface area contributed by atoms with Gasteiger partial charge in [0.1, 0.15) is 6.61 Å². The van der Waals surface area contributed by atoms with Gasteiger partial charge in [-0.3, -0.25) is 9.59 Å². The molecule has 0 aromatic carbocycles. The second kappa shape index (κ2) is 53.4. The van der Waals surface area contributed by atoms with Gasteiger partial charge in [0.25, 0.3) is 0 Å². The number of carbonyl (C=O) groups excluding carboxylic acids is 2. The second-order valence-electron chi connectivity index (χ2n) is 16.3. The van der Waals surface area contributed by atoms with E-state index in [2.05, 4.69) is 136 Å². The Kier molecular flexibility index (Phi) is 50.1. The molecule has 0 N–H and O–H groups in total. The monoisotopic (exact) mass is 883 g/mol. The summed E-state index contributed by atoms with van der Waals surface area (Å²) >= 11 is 0. The van der Waals surface area contributed by atoms with Crippen LogP contribution in [0, 0.1) is 0 Å². The van der Waals surface area contributed by atoms with Crippen LogP contribution in [-0.4, -0.2) is 37.9 Å². The number of esters is 2. The molecule has 5 heteroatoms. The second-order valence-corrected chi connectivity index (χ2v) is 16.3. The molecule has 0 aliphatic carbocycles. The average molecular weight is 883 g/mol. The maximum atomic E-state index is 12.7. The first-order valence-corrected chi connectivity index (χ1v) is 25.7. The quantitative estimate of drug-likeness (QED) is 0.0346. The van der Waals surface area contributed by atoms with Crippen LogP contribution in [0.25, 0.3) is 0 Å². The molecule has 0 radical (unpaired) electrons. The molecular formula is C59H94O5. The van der Waals surface area contributed by atoms with Crippen LogP contribution in [0.3, 0.4) is 0 Å². The highest BCUT2D eigenvalue weighted by atomic mass is 16.6. The molecule has 0 spiro atoms. The van der Waals surface area contributed by atoms with Crippen molar-refractivity contribution in [2.45, 2.75) is 207 Å². The summed E-state index contributed by atoms with van der Waals surface area (Å²) in [7, 11) is 0. The van der Waals surface area contributed by atoms with Crippen LogP contribution in [0.2, 0.25) is 0 Å². The van der Waals surface area contributed by atoms with E-state index in [0.717, 1.165) is 77.0 Å². The first kappa shape index (κ1) is 60.0. The Hall–Kier alpha value is -3.96. The van der Waals surface area contributed by atoms with Crippen molar-refractivity contribution in [1.82, 2.24) is 0 Å². The van der Waals surface area contributed by atoms with E-state index in [1.54, 1.807) is 0 Å². The van der Waals surface area contributed by atoms with Crippen molar-refractivity contribution in [1.29, 1.82) is 0 Å². The topological polar surface area (TPSA) is 61.8 Å². The van der Waals surface area contributed by atoms with E-state index in [-0.39, 0.29) is 38.0 Å². The van der Waals surface area contributed by atoms with Gasteiger partial charge >= 0.3 is 11.9 Å². The Morgan fingerprint density at radius 3 is 1.20 bits per heavy atom. The van der Waals surface area contributed by atoms with Crippen molar-refractivity contribution < 1.29 is 23.8 Å². The normalized spacial score (nSPS) is 13.4. The summed E-state index contributed by atoms with van der Waals surface area (Å²) in [6.45, 7) is 7.36. The third kappa shape index (κ3) is 50.7.